The first-order valence-corrected chi connectivity index (χ1v) is 11.9. The van der Waals surface area contributed by atoms with Crippen molar-refractivity contribution in [2.24, 2.45) is 0 Å². The van der Waals surface area contributed by atoms with Gasteiger partial charge in [-0.15, -0.1) is 0 Å². The zero-order valence-electron chi connectivity index (χ0n) is 20.6. The first-order valence-electron chi connectivity index (χ1n) is 11.9. The number of aliphatic hydroxyl groups excluding tert-OH is 1. The quantitative estimate of drug-likeness (QED) is 0.341. The number of ether oxygens (including phenoxy) is 2. The largest absolute Gasteiger partial charge is 0.504 e. The average molecular weight is 505 g/mol. The Balaban J connectivity index is 1.64. The molecular formula is C25H32N2O9. The number of phenolic OH excluding ortho intramolecular Hbond substituents is 1. The molecule has 1 amide bonds. The number of rotatable bonds is 6. The van der Waals surface area contributed by atoms with E-state index in [1.54, 1.807) is 12.1 Å². The fourth-order valence-electron chi connectivity index (χ4n) is 5.83. The van der Waals surface area contributed by atoms with Gasteiger partial charge in [0.05, 0.1) is 17.4 Å². The van der Waals surface area contributed by atoms with E-state index in [1.165, 1.54) is 13.0 Å². The van der Waals surface area contributed by atoms with Gasteiger partial charge in [-0.3, -0.25) is 4.79 Å². The number of piperidine rings is 1. The normalized spacial score (nSPS) is 30.6. The monoisotopic (exact) mass is 504 g/mol. The van der Waals surface area contributed by atoms with Crippen LogP contribution >= 0.6 is 0 Å². The summed E-state index contributed by atoms with van der Waals surface area (Å²) in [6.07, 6.45) is -1.23. The van der Waals surface area contributed by atoms with Crippen LogP contribution in [-0.2, 0) is 24.5 Å². The summed E-state index contributed by atoms with van der Waals surface area (Å²) in [6, 6.07) is 1.88. The van der Waals surface area contributed by atoms with Crippen LogP contribution < -0.4 is 10.1 Å². The molecule has 196 valence electrons. The van der Waals surface area contributed by atoms with Crippen molar-refractivity contribution < 1.29 is 44.3 Å². The molecule has 6 atom stereocenters. The number of hydrogen-bond acceptors (Lipinski definition) is 9. The molecule has 2 aliphatic heterocycles. The van der Waals surface area contributed by atoms with Crippen LogP contribution in [0.2, 0.25) is 0 Å². The number of carboxylic acid groups (broad SMARTS) is 1. The highest BCUT2D eigenvalue weighted by Gasteiger charge is 2.69. The number of benzene rings is 1. The van der Waals surface area contributed by atoms with Gasteiger partial charge < -0.3 is 40.1 Å². The number of nitrogens with one attached hydrogen (secondary N) is 1. The van der Waals surface area contributed by atoms with Gasteiger partial charge in [0, 0.05) is 18.0 Å². The van der Waals surface area contributed by atoms with Crippen LogP contribution in [0.5, 0.6) is 11.5 Å². The van der Waals surface area contributed by atoms with Crippen molar-refractivity contribution in [3.63, 3.8) is 0 Å². The maximum Gasteiger partial charge on any atom is 0.333 e. The van der Waals surface area contributed by atoms with Crippen LogP contribution in [-0.4, -0.2) is 86.7 Å². The van der Waals surface area contributed by atoms with Crippen molar-refractivity contribution >= 4 is 17.8 Å². The second kappa shape index (κ2) is 9.06. The number of fused-ring (bicyclic) bond motifs is 1. The third-order valence-corrected chi connectivity index (χ3v) is 7.94. The van der Waals surface area contributed by atoms with E-state index in [-0.39, 0.29) is 29.7 Å². The van der Waals surface area contributed by atoms with E-state index in [0.717, 1.165) is 5.56 Å². The second-order valence-corrected chi connectivity index (χ2v) is 9.98. The molecule has 0 radical (unpaired) electrons. The number of aryl methyl sites for hydroxylation is 1. The van der Waals surface area contributed by atoms with Crippen molar-refractivity contribution in [3.05, 3.63) is 35.1 Å². The summed E-state index contributed by atoms with van der Waals surface area (Å²) in [5.41, 5.74) is -0.734. The Hall–Kier alpha value is -3.15. The van der Waals surface area contributed by atoms with Gasteiger partial charge in [0.15, 0.2) is 23.7 Å². The predicted molar refractivity (Wildman–Crippen MR) is 125 cm³/mol. The fourth-order valence-corrected chi connectivity index (χ4v) is 5.83. The summed E-state index contributed by atoms with van der Waals surface area (Å²) in [5.74, 6) is -2.84. The van der Waals surface area contributed by atoms with Gasteiger partial charge in [-0.2, -0.15) is 0 Å². The number of amides is 1. The Morgan fingerprint density at radius 3 is 2.69 bits per heavy atom. The van der Waals surface area contributed by atoms with Crippen LogP contribution in [0.25, 0.3) is 0 Å². The number of esters is 1. The number of likely N-dealkylation sites (N-methyl/N-ethyl adjacent to an activating group) is 1. The number of phenols is 1. The molecule has 0 unspecified atom stereocenters. The van der Waals surface area contributed by atoms with E-state index < -0.39 is 53.5 Å². The molecule has 1 aromatic carbocycles. The van der Waals surface area contributed by atoms with E-state index in [2.05, 4.69) is 10.2 Å². The van der Waals surface area contributed by atoms with Gasteiger partial charge in [0.2, 0.25) is 5.91 Å². The SMILES string of the molecule is Cc1ccc(O)c2c1[C@]13CCN(C)[C@H](C)[C@]1(O)CC=C(OC(=O)[C@H](C)NC(=O)C[C@H](O)C(=O)O)[C@@H]3O2. The summed E-state index contributed by atoms with van der Waals surface area (Å²) < 4.78 is 11.9. The minimum atomic E-state index is -1.89. The van der Waals surface area contributed by atoms with E-state index in [0.29, 0.717) is 18.5 Å². The lowest BCUT2D eigenvalue weighted by atomic mass is 9.54. The number of hydrogen-bond donors (Lipinski definition) is 5. The van der Waals surface area contributed by atoms with Crippen LogP contribution in [0.1, 0.15) is 44.2 Å². The standard InChI is InChI=1S/C25H32N2O9/c1-12-5-6-15(28)20-19(12)24-9-10-27(4)14(3)25(24,34)8-7-17(21(24)36-20)35-23(33)13(2)26-18(30)11-16(29)22(31)32/h5-7,13-14,16,21,28-29,34H,8-11H2,1-4H3,(H,26,30)(H,31,32)/t13-,14+,16-,21-,24-,25+/m0/s1. The summed E-state index contributed by atoms with van der Waals surface area (Å²) in [5, 5.41) is 43.2. The first kappa shape index (κ1) is 25.9. The zero-order valence-corrected chi connectivity index (χ0v) is 20.6. The molecule has 2 heterocycles. The van der Waals surface area contributed by atoms with Crippen molar-refractivity contribution in [1.82, 2.24) is 10.2 Å². The number of aromatic hydroxyl groups is 1. The first-order chi connectivity index (χ1) is 16.8. The Bertz CT molecular complexity index is 1130. The molecule has 1 saturated heterocycles. The van der Waals surface area contributed by atoms with Gasteiger partial charge >= 0.3 is 11.9 Å². The molecular weight excluding hydrogens is 472 g/mol. The van der Waals surface area contributed by atoms with Crippen LogP contribution in [0.4, 0.5) is 0 Å². The van der Waals surface area contributed by atoms with Crippen molar-refractivity contribution in [3.8, 4) is 11.5 Å². The molecule has 0 aromatic heterocycles. The smallest absolute Gasteiger partial charge is 0.333 e. The third-order valence-electron chi connectivity index (χ3n) is 7.94. The molecule has 11 heteroatoms. The molecule has 1 aliphatic carbocycles. The Morgan fingerprint density at radius 2 is 2.03 bits per heavy atom. The summed E-state index contributed by atoms with van der Waals surface area (Å²) in [4.78, 5) is 37.7. The third kappa shape index (κ3) is 3.82. The topological polar surface area (TPSA) is 166 Å². The maximum atomic E-state index is 12.9. The molecule has 1 aromatic rings. The average Bonchev–Trinajstić information content (AvgIpc) is 3.18. The number of carboxylic acids is 1. The molecule has 1 spiro atoms. The van der Waals surface area contributed by atoms with Gasteiger partial charge in [-0.1, -0.05) is 6.07 Å². The Kier molecular flexibility index (Phi) is 6.52. The molecule has 1 fully saturated rings. The molecule has 11 nitrogen and oxygen atoms in total. The van der Waals surface area contributed by atoms with Gasteiger partial charge in [0.1, 0.15) is 11.8 Å². The lowest BCUT2D eigenvalue weighted by molar-refractivity contribution is -0.163. The van der Waals surface area contributed by atoms with Crippen LogP contribution in [0.3, 0.4) is 0 Å². The minimum Gasteiger partial charge on any atom is -0.504 e. The van der Waals surface area contributed by atoms with Gasteiger partial charge in [-0.25, -0.2) is 9.59 Å². The fraction of sp³-hybridized carbons (Fsp3) is 0.560. The summed E-state index contributed by atoms with van der Waals surface area (Å²) in [6.45, 7) is 5.83. The van der Waals surface area contributed by atoms with Crippen LogP contribution in [0.15, 0.2) is 24.0 Å². The number of carbonyl (C=O) groups excluding carboxylic acids is 2. The predicted octanol–water partition coefficient (Wildman–Crippen LogP) is 0.326. The highest BCUT2D eigenvalue weighted by atomic mass is 16.6. The molecule has 0 bridgehead atoms. The van der Waals surface area contributed by atoms with Crippen molar-refractivity contribution in [2.75, 3.05) is 13.6 Å². The maximum absolute atomic E-state index is 12.9. The highest BCUT2D eigenvalue weighted by Crippen LogP contribution is 2.62. The van der Waals surface area contributed by atoms with E-state index in [1.807, 2.05) is 20.9 Å². The number of nitrogens with zero attached hydrogens (tertiary/aromatic N) is 1. The summed E-state index contributed by atoms with van der Waals surface area (Å²) in [7, 11) is 1.93. The van der Waals surface area contributed by atoms with Gasteiger partial charge in [0.25, 0.3) is 0 Å². The lowest BCUT2D eigenvalue weighted by Crippen LogP contribution is -2.71. The van der Waals surface area contributed by atoms with Gasteiger partial charge in [-0.05, 0) is 58.5 Å². The number of likely N-dealkylation sites (tertiary alicyclic amines) is 1. The van der Waals surface area contributed by atoms with E-state index in [4.69, 9.17) is 14.6 Å². The number of carbonyl (C=O) groups is 3. The Morgan fingerprint density at radius 1 is 1.33 bits per heavy atom. The van der Waals surface area contributed by atoms with Crippen molar-refractivity contribution in [2.45, 2.75) is 75.3 Å². The van der Waals surface area contributed by atoms with E-state index >= 15 is 0 Å². The Labute approximate surface area is 208 Å². The van der Waals surface area contributed by atoms with E-state index in [9.17, 15) is 29.7 Å². The number of aliphatic hydroxyl groups is 2. The zero-order chi connectivity index (χ0) is 26.6. The molecule has 4 rings (SSSR count). The van der Waals surface area contributed by atoms with Crippen LogP contribution in [0, 0.1) is 6.92 Å². The molecule has 36 heavy (non-hydrogen) atoms. The number of aliphatic carboxylic acids is 1. The highest BCUT2D eigenvalue weighted by molar-refractivity contribution is 5.87. The second-order valence-electron chi connectivity index (χ2n) is 9.98. The minimum absolute atomic E-state index is 0.0726. The molecule has 3 aliphatic rings. The molecule has 0 saturated carbocycles. The summed E-state index contributed by atoms with van der Waals surface area (Å²) >= 11 is 0. The van der Waals surface area contributed by atoms with Crippen molar-refractivity contribution in [1.29, 1.82) is 0 Å². The molecule has 5 N–H and O–H groups in total. The lowest BCUT2D eigenvalue weighted by Gasteiger charge is -2.58.